The Balaban J connectivity index is 1.79. The van der Waals surface area contributed by atoms with E-state index in [-0.39, 0.29) is 12.1 Å². The van der Waals surface area contributed by atoms with E-state index in [0.29, 0.717) is 23.2 Å². The standard InChI is InChI=1S/C20H15F2N5O/c21-17-5-4-16-13(7-18(28)26-20(16)19(17)22)10-27(15-8-23-12-24-9-15)11-14-3-1-2-6-25-14/h1-9,12H,10-11H2,(H,26,28). The van der Waals surface area contributed by atoms with E-state index >= 15 is 0 Å². The molecule has 3 heterocycles. The van der Waals surface area contributed by atoms with Gasteiger partial charge in [0.05, 0.1) is 35.8 Å². The fourth-order valence-corrected chi connectivity index (χ4v) is 3.05. The summed E-state index contributed by atoms with van der Waals surface area (Å²) < 4.78 is 27.8. The number of nitrogens with one attached hydrogen (secondary N) is 1. The molecular formula is C20H15F2N5O. The lowest BCUT2D eigenvalue weighted by Crippen LogP contribution is -2.24. The molecule has 0 radical (unpaired) electrons. The molecule has 0 fully saturated rings. The van der Waals surface area contributed by atoms with Crippen molar-refractivity contribution in [3.8, 4) is 0 Å². The zero-order chi connectivity index (χ0) is 19.5. The second-order valence-corrected chi connectivity index (χ2v) is 6.22. The van der Waals surface area contributed by atoms with E-state index in [2.05, 4.69) is 19.9 Å². The van der Waals surface area contributed by atoms with Crippen molar-refractivity contribution in [1.82, 2.24) is 19.9 Å². The summed E-state index contributed by atoms with van der Waals surface area (Å²) in [7, 11) is 0. The number of fused-ring (bicyclic) bond motifs is 1. The molecule has 8 heteroatoms. The molecule has 0 saturated heterocycles. The average molecular weight is 379 g/mol. The van der Waals surface area contributed by atoms with Crippen LogP contribution in [0.3, 0.4) is 0 Å². The number of hydrogen-bond donors (Lipinski definition) is 1. The number of aromatic nitrogens is 4. The molecule has 0 aliphatic rings. The summed E-state index contributed by atoms with van der Waals surface area (Å²) in [6.07, 6.45) is 6.40. The Labute approximate surface area is 158 Å². The summed E-state index contributed by atoms with van der Waals surface area (Å²) in [4.78, 5) is 28.8. The topological polar surface area (TPSA) is 74.8 Å². The van der Waals surface area contributed by atoms with Crippen LogP contribution in [0.25, 0.3) is 10.9 Å². The van der Waals surface area contributed by atoms with Gasteiger partial charge in [0.2, 0.25) is 5.56 Å². The van der Waals surface area contributed by atoms with Gasteiger partial charge in [-0.3, -0.25) is 9.78 Å². The Bertz CT molecular complexity index is 1170. The van der Waals surface area contributed by atoms with E-state index in [1.165, 1.54) is 18.5 Å². The lowest BCUT2D eigenvalue weighted by Gasteiger charge is -2.24. The zero-order valence-electron chi connectivity index (χ0n) is 14.6. The summed E-state index contributed by atoms with van der Waals surface area (Å²) >= 11 is 0. The van der Waals surface area contributed by atoms with E-state index in [1.54, 1.807) is 18.6 Å². The molecule has 6 nitrogen and oxygen atoms in total. The molecule has 4 rings (SSSR count). The van der Waals surface area contributed by atoms with Crippen LogP contribution in [0, 0.1) is 11.6 Å². The Morgan fingerprint density at radius 3 is 2.61 bits per heavy atom. The molecule has 0 atom stereocenters. The second-order valence-electron chi connectivity index (χ2n) is 6.22. The van der Waals surface area contributed by atoms with Crippen LogP contribution < -0.4 is 10.5 Å². The molecule has 0 unspecified atom stereocenters. The number of rotatable bonds is 5. The first-order chi connectivity index (χ1) is 13.6. The maximum Gasteiger partial charge on any atom is 0.248 e. The van der Waals surface area contributed by atoms with Crippen molar-refractivity contribution in [2.45, 2.75) is 13.1 Å². The van der Waals surface area contributed by atoms with E-state index in [9.17, 15) is 13.6 Å². The van der Waals surface area contributed by atoms with Gasteiger partial charge in [0, 0.05) is 24.2 Å². The predicted octanol–water partition coefficient (Wildman–Crippen LogP) is 3.20. The van der Waals surface area contributed by atoms with Gasteiger partial charge in [-0.2, -0.15) is 0 Å². The van der Waals surface area contributed by atoms with Crippen LogP contribution in [-0.2, 0) is 13.1 Å². The maximum atomic E-state index is 14.2. The fraction of sp³-hybridized carbons (Fsp3) is 0.100. The van der Waals surface area contributed by atoms with Crippen molar-refractivity contribution >= 4 is 16.6 Å². The number of anilines is 1. The summed E-state index contributed by atoms with van der Waals surface area (Å²) in [5.74, 6) is -2.09. The summed E-state index contributed by atoms with van der Waals surface area (Å²) in [6, 6.07) is 9.47. The molecule has 140 valence electrons. The van der Waals surface area contributed by atoms with Crippen molar-refractivity contribution in [2.75, 3.05) is 4.90 Å². The van der Waals surface area contributed by atoms with Crippen molar-refractivity contribution < 1.29 is 8.78 Å². The highest BCUT2D eigenvalue weighted by Crippen LogP contribution is 2.24. The van der Waals surface area contributed by atoms with Gasteiger partial charge in [0.1, 0.15) is 6.33 Å². The van der Waals surface area contributed by atoms with Gasteiger partial charge in [-0.15, -0.1) is 0 Å². The van der Waals surface area contributed by atoms with Crippen LogP contribution in [0.1, 0.15) is 11.3 Å². The highest BCUT2D eigenvalue weighted by molar-refractivity contribution is 5.82. The van der Waals surface area contributed by atoms with Gasteiger partial charge in [0.15, 0.2) is 11.6 Å². The molecule has 28 heavy (non-hydrogen) atoms. The lowest BCUT2D eigenvalue weighted by atomic mass is 10.1. The molecule has 0 aliphatic carbocycles. The summed E-state index contributed by atoms with van der Waals surface area (Å²) in [5.41, 5.74) is 1.41. The van der Waals surface area contributed by atoms with Crippen LogP contribution in [0.2, 0.25) is 0 Å². The third kappa shape index (κ3) is 3.57. The van der Waals surface area contributed by atoms with E-state index in [1.807, 2.05) is 23.1 Å². The van der Waals surface area contributed by atoms with Crippen LogP contribution >= 0.6 is 0 Å². The predicted molar refractivity (Wildman–Crippen MR) is 101 cm³/mol. The molecule has 4 aromatic rings. The van der Waals surface area contributed by atoms with Crippen molar-refractivity contribution in [1.29, 1.82) is 0 Å². The average Bonchev–Trinajstić information content (AvgIpc) is 2.72. The molecular weight excluding hydrogens is 364 g/mol. The Hall–Kier alpha value is -3.68. The Kier molecular flexibility index (Phi) is 4.76. The third-order valence-electron chi connectivity index (χ3n) is 4.35. The first-order valence-electron chi connectivity index (χ1n) is 8.51. The molecule has 0 aliphatic heterocycles. The molecule has 0 amide bonds. The van der Waals surface area contributed by atoms with Gasteiger partial charge in [-0.1, -0.05) is 6.07 Å². The molecule has 0 bridgehead atoms. The minimum atomic E-state index is -1.07. The van der Waals surface area contributed by atoms with Crippen LogP contribution in [0.4, 0.5) is 14.5 Å². The van der Waals surface area contributed by atoms with Crippen LogP contribution in [-0.4, -0.2) is 19.9 Å². The normalized spacial score (nSPS) is 10.9. The lowest BCUT2D eigenvalue weighted by molar-refractivity contribution is 0.515. The van der Waals surface area contributed by atoms with Crippen LogP contribution in [0.5, 0.6) is 0 Å². The number of H-pyrrole nitrogens is 1. The molecule has 3 aromatic heterocycles. The molecule has 1 aromatic carbocycles. The number of benzene rings is 1. The van der Waals surface area contributed by atoms with E-state index in [4.69, 9.17) is 0 Å². The van der Waals surface area contributed by atoms with Crippen molar-refractivity contribution in [3.63, 3.8) is 0 Å². The van der Waals surface area contributed by atoms with Gasteiger partial charge < -0.3 is 9.88 Å². The monoisotopic (exact) mass is 379 g/mol. The van der Waals surface area contributed by atoms with Crippen molar-refractivity contribution in [3.05, 3.63) is 94.6 Å². The maximum absolute atomic E-state index is 14.2. The Morgan fingerprint density at radius 1 is 1.04 bits per heavy atom. The molecule has 0 spiro atoms. The number of aromatic amines is 1. The van der Waals surface area contributed by atoms with Crippen molar-refractivity contribution in [2.24, 2.45) is 0 Å². The first-order valence-corrected chi connectivity index (χ1v) is 8.51. The second kappa shape index (κ2) is 7.51. The van der Waals surface area contributed by atoms with Gasteiger partial charge in [0.25, 0.3) is 0 Å². The number of pyridine rings is 2. The molecule has 0 saturated carbocycles. The molecule has 1 N–H and O–H groups in total. The zero-order valence-corrected chi connectivity index (χ0v) is 14.6. The number of hydrogen-bond acceptors (Lipinski definition) is 5. The minimum absolute atomic E-state index is 0.149. The van der Waals surface area contributed by atoms with E-state index in [0.717, 1.165) is 11.8 Å². The highest BCUT2D eigenvalue weighted by atomic mass is 19.2. The van der Waals surface area contributed by atoms with Crippen LogP contribution in [0.15, 0.2) is 66.1 Å². The van der Waals surface area contributed by atoms with Gasteiger partial charge in [-0.25, -0.2) is 18.7 Å². The SMILES string of the molecule is O=c1cc(CN(Cc2ccccn2)c2cncnc2)c2ccc(F)c(F)c2[nH]1. The first kappa shape index (κ1) is 17.7. The van der Waals surface area contributed by atoms with Gasteiger partial charge in [-0.05, 0) is 29.8 Å². The largest absolute Gasteiger partial charge is 0.359 e. The highest BCUT2D eigenvalue weighted by Gasteiger charge is 2.16. The van der Waals surface area contributed by atoms with E-state index < -0.39 is 17.2 Å². The number of nitrogens with zero attached hydrogens (tertiary/aromatic N) is 4. The number of halogens is 2. The quantitative estimate of drug-likeness (QED) is 0.576. The van der Waals surface area contributed by atoms with Gasteiger partial charge >= 0.3 is 0 Å². The minimum Gasteiger partial charge on any atom is -0.359 e. The third-order valence-corrected chi connectivity index (χ3v) is 4.35. The fourth-order valence-electron chi connectivity index (χ4n) is 3.05. The Morgan fingerprint density at radius 2 is 1.86 bits per heavy atom. The summed E-state index contributed by atoms with van der Waals surface area (Å²) in [5, 5.41) is 0.432. The smallest absolute Gasteiger partial charge is 0.248 e. The summed E-state index contributed by atoms with van der Waals surface area (Å²) in [6.45, 7) is 0.682.